The smallest absolute Gasteiger partial charge is 0.261 e. The second kappa shape index (κ2) is 8.71. The topological polar surface area (TPSA) is 66.5 Å². The fourth-order valence-corrected chi connectivity index (χ4v) is 5.36. The minimum Gasteiger partial charge on any atom is -0.308 e. The van der Waals surface area contributed by atoms with Crippen LogP contribution in [-0.4, -0.2) is 20.9 Å². The molecule has 1 aliphatic rings. The molecule has 0 aliphatic carbocycles. The Balaban J connectivity index is 1.64. The van der Waals surface area contributed by atoms with Crippen LogP contribution in [0, 0.1) is 0 Å². The average Bonchev–Trinajstić information content (AvgIpc) is 2.71. The van der Waals surface area contributed by atoms with Crippen molar-refractivity contribution in [1.29, 1.82) is 0 Å². The maximum atomic E-state index is 13.0. The van der Waals surface area contributed by atoms with E-state index in [2.05, 4.69) is 4.72 Å². The number of nitrogens with one attached hydrogen (secondary N) is 1. The fraction of sp³-hybridized carbons (Fsp3) is 0.136. The van der Waals surface area contributed by atoms with Crippen LogP contribution >= 0.6 is 34.8 Å². The molecule has 0 fully saturated rings. The molecule has 1 aliphatic heterocycles. The molecular formula is C22H17Cl3N2O3S. The van der Waals surface area contributed by atoms with Gasteiger partial charge in [0.05, 0.1) is 10.6 Å². The molecule has 5 nitrogen and oxygen atoms in total. The van der Waals surface area contributed by atoms with Crippen LogP contribution in [0.3, 0.4) is 0 Å². The fourth-order valence-electron chi connectivity index (χ4n) is 3.56. The first-order chi connectivity index (χ1) is 14.7. The summed E-state index contributed by atoms with van der Waals surface area (Å²) in [5, 5.41) is 1.13. The van der Waals surface area contributed by atoms with Gasteiger partial charge in [-0.05, 0) is 73.0 Å². The molecule has 0 saturated carbocycles. The summed E-state index contributed by atoms with van der Waals surface area (Å²) in [6, 6.07) is 16.0. The van der Waals surface area contributed by atoms with E-state index in [0.717, 1.165) is 12.0 Å². The molecule has 3 aromatic rings. The molecule has 3 aromatic carbocycles. The van der Waals surface area contributed by atoms with Crippen LogP contribution in [0.2, 0.25) is 15.1 Å². The molecular weight excluding hydrogens is 479 g/mol. The lowest BCUT2D eigenvalue weighted by molar-refractivity contribution is 0.0985. The lowest BCUT2D eigenvalue weighted by Gasteiger charge is -2.30. The third kappa shape index (κ3) is 4.83. The van der Waals surface area contributed by atoms with Crippen molar-refractivity contribution < 1.29 is 13.2 Å². The molecule has 0 unspecified atom stereocenters. The number of fused-ring (bicyclic) bond motifs is 1. The number of carbonyl (C=O) groups is 1. The maximum Gasteiger partial charge on any atom is 0.261 e. The Hall–Kier alpha value is -2.25. The van der Waals surface area contributed by atoms with Gasteiger partial charge in [-0.3, -0.25) is 9.52 Å². The van der Waals surface area contributed by atoms with Crippen molar-refractivity contribution in [2.45, 2.75) is 17.7 Å². The van der Waals surface area contributed by atoms with Crippen LogP contribution in [0.5, 0.6) is 0 Å². The maximum absolute atomic E-state index is 13.0. The van der Waals surface area contributed by atoms with E-state index >= 15 is 0 Å². The van der Waals surface area contributed by atoms with Crippen molar-refractivity contribution in [3.8, 4) is 0 Å². The van der Waals surface area contributed by atoms with E-state index in [0.29, 0.717) is 39.3 Å². The summed E-state index contributed by atoms with van der Waals surface area (Å²) in [4.78, 5) is 14.8. The Morgan fingerprint density at radius 3 is 2.35 bits per heavy atom. The molecule has 1 heterocycles. The van der Waals surface area contributed by atoms with Crippen LogP contribution in [0.15, 0.2) is 65.6 Å². The van der Waals surface area contributed by atoms with Crippen molar-refractivity contribution in [3.05, 3.63) is 86.9 Å². The molecule has 0 radical (unpaired) electrons. The largest absolute Gasteiger partial charge is 0.308 e. The highest BCUT2D eigenvalue weighted by Crippen LogP contribution is 2.32. The van der Waals surface area contributed by atoms with Crippen LogP contribution in [-0.2, 0) is 16.4 Å². The zero-order valence-corrected chi connectivity index (χ0v) is 19.2. The monoisotopic (exact) mass is 494 g/mol. The highest BCUT2D eigenvalue weighted by Gasteiger charge is 2.26. The number of amides is 1. The summed E-state index contributed by atoms with van der Waals surface area (Å²) in [6.45, 7) is 0.545. The Kier molecular flexibility index (Phi) is 6.17. The van der Waals surface area contributed by atoms with Crippen LogP contribution in [0.4, 0.5) is 11.4 Å². The Morgan fingerprint density at radius 2 is 1.65 bits per heavy atom. The summed E-state index contributed by atoms with van der Waals surface area (Å²) in [5.41, 5.74) is 2.24. The van der Waals surface area contributed by atoms with Gasteiger partial charge in [0, 0.05) is 32.9 Å². The minimum absolute atomic E-state index is 0.0967. The first-order valence-corrected chi connectivity index (χ1v) is 12.0. The second-order valence-electron chi connectivity index (χ2n) is 7.12. The number of nitrogens with zero attached hydrogens (tertiary/aromatic N) is 1. The summed E-state index contributed by atoms with van der Waals surface area (Å²) >= 11 is 17.9. The van der Waals surface area contributed by atoms with Gasteiger partial charge < -0.3 is 4.90 Å². The number of halogens is 3. The Morgan fingerprint density at radius 1 is 0.903 bits per heavy atom. The van der Waals surface area contributed by atoms with Crippen molar-refractivity contribution in [1.82, 2.24) is 0 Å². The highest BCUT2D eigenvalue weighted by molar-refractivity contribution is 7.92. The van der Waals surface area contributed by atoms with E-state index in [9.17, 15) is 13.2 Å². The summed E-state index contributed by atoms with van der Waals surface area (Å²) in [5.74, 6) is -0.175. The lowest BCUT2D eigenvalue weighted by atomic mass is 10.0. The number of benzene rings is 3. The van der Waals surface area contributed by atoms with E-state index in [1.54, 1.807) is 41.3 Å². The molecule has 1 N–H and O–H groups in total. The molecule has 31 heavy (non-hydrogen) atoms. The molecule has 160 valence electrons. The second-order valence-corrected chi connectivity index (χ2v) is 10.1. The van der Waals surface area contributed by atoms with Gasteiger partial charge in [0.2, 0.25) is 0 Å². The summed E-state index contributed by atoms with van der Waals surface area (Å²) < 4.78 is 28.3. The van der Waals surface area contributed by atoms with Gasteiger partial charge in [-0.2, -0.15) is 0 Å². The molecule has 0 saturated heterocycles. The van der Waals surface area contributed by atoms with Gasteiger partial charge in [0.1, 0.15) is 0 Å². The molecule has 1 amide bonds. The number of hydrogen-bond acceptors (Lipinski definition) is 3. The van der Waals surface area contributed by atoms with Gasteiger partial charge in [-0.1, -0.05) is 40.9 Å². The molecule has 0 aromatic heterocycles. The zero-order valence-electron chi connectivity index (χ0n) is 16.1. The van der Waals surface area contributed by atoms with E-state index in [-0.39, 0.29) is 16.5 Å². The number of rotatable bonds is 4. The molecule has 0 spiro atoms. The predicted octanol–water partition coefficient (Wildman–Crippen LogP) is 6.04. The van der Waals surface area contributed by atoms with E-state index in [4.69, 9.17) is 34.8 Å². The number of hydrogen-bond donors (Lipinski definition) is 1. The quantitative estimate of drug-likeness (QED) is 0.480. The van der Waals surface area contributed by atoms with Gasteiger partial charge >= 0.3 is 0 Å². The summed E-state index contributed by atoms with van der Waals surface area (Å²) in [6.07, 6.45) is 1.39. The Labute approximate surface area is 195 Å². The van der Waals surface area contributed by atoms with Crippen LogP contribution in [0.1, 0.15) is 22.3 Å². The number of sulfonamides is 1. The van der Waals surface area contributed by atoms with E-state index in [1.165, 1.54) is 24.3 Å². The van der Waals surface area contributed by atoms with Crippen molar-refractivity contribution in [2.24, 2.45) is 0 Å². The van der Waals surface area contributed by atoms with Crippen molar-refractivity contribution in [2.75, 3.05) is 16.2 Å². The van der Waals surface area contributed by atoms with Gasteiger partial charge in [0.15, 0.2) is 0 Å². The third-order valence-electron chi connectivity index (χ3n) is 4.91. The average molecular weight is 496 g/mol. The molecule has 0 atom stereocenters. The summed E-state index contributed by atoms with van der Waals surface area (Å²) in [7, 11) is -3.86. The normalized spacial score (nSPS) is 13.6. The minimum atomic E-state index is -3.86. The number of aryl methyl sites for hydroxylation is 1. The molecule has 0 bridgehead atoms. The standard InChI is InChI=1S/C22H17Cl3N2O3S/c23-16-5-1-3-15(9-16)22(28)27-8-2-4-14-10-20(6-7-21(14)27)31(29,30)26-19-12-17(24)11-18(25)13-19/h1,3,5-7,9-13,26H,2,4,8H2. The first kappa shape index (κ1) is 22.0. The van der Waals surface area contributed by atoms with Gasteiger partial charge in [0.25, 0.3) is 15.9 Å². The lowest BCUT2D eigenvalue weighted by Crippen LogP contribution is -2.35. The van der Waals surface area contributed by atoms with E-state index < -0.39 is 10.0 Å². The number of anilines is 2. The van der Waals surface area contributed by atoms with Gasteiger partial charge in [-0.25, -0.2) is 8.42 Å². The van der Waals surface area contributed by atoms with Crippen LogP contribution in [0.25, 0.3) is 0 Å². The van der Waals surface area contributed by atoms with Crippen molar-refractivity contribution in [3.63, 3.8) is 0 Å². The zero-order chi connectivity index (χ0) is 22.2. The predicted molar refractivity (Wildman–Crippen MR) is 125 cm³/mol. The van der Waals surface area contributed by atoms with Crippen molar-refractivity contribution >= 4 is 62.1 Å². The molecule has 4 rings (SSSR count). The number of carbonyl (C=O) groups excluding carboxylic acids is 1. The van der Waals surface area contributed by atoms with Gasteiger partial charge in [-0.15, -0.1) is 0 Å². The van der Waals surface area contributed by atoms with Crippen LogP contribution < -0.4 is 9.62 Å². The molecule has 9 heteroatoms. The highest BCUT2D eigenvalue weighted by atomic mass is 35.5. The van der Waals surface area contributed by atoms with E-state index in [1.807, 2.05) is 0 Å². The third-order valence-corrected chi connectivity index (χ3v) is 6.96. The Bertz CT molecular complexity index is 1260. The SMILES string of the molecule is O=C(c1cccc(Cl)c1)N1CCCc2cc(S(=O)(=O)Nc3cc(Cl)cc(Cl)c3)ccc21. The first-order valence-electron chi connectivity index (χ1n) is 9.42.